The first kappa shape index (κ1) is 12.9. The highest BCUT2D eigenvalue weighted by molar-refractivity contribution is 5.79. The molecule has 17 heavy (non-hydrogen) atoms. The van der Waals surface area contributed by atoms with Crippen LogP contribution in [0.5, 0.6) is 0 Å². The normalized spacial score (nSPS) is 35.4. The van der Waals surface area contributed by atoms with E-state index >= 15 is 0 Å². The van der Waals surface area contributed by atoms with Crippen LogP contribution in [0.3, 0.4) is 0 Å². The second kappa shape index (κ2) is 5.85. The maximum Gasteiger partial charge on any atom is 0.225 e. The summed E-state index contributed by atoms with van der Waals surface area (Å²) in [5.41, 5.74) is 5.89. The minimum Gasteiger partial charge on any atom is -0.342 e. The summed E-state index contributed by atoms with van der Waals surface area (Å²) in [5.74, 6) is 1.46. The molecular formula is C14H26N2O. The molecule has 0 aromatic heterocycles. The van der Waals surface area contributed by atoms with Gasteiger partial charge in [-0.25, -0.2) is 0 Å². The highest BCUT2D eigenvalue weighted by atomic mass is 16.2. The number of hydrogen-bond donors (Lipinski definition) is 1. The number of amides is 1. The van der Waals surface area contributed by atoms with Crippen molar-refractivity contribution in [2.45, 2.75) is 57.9 Å². The topological polar surface area (TPSA) is 46.3 Å². The Kier molecular flexibility index (Phi) is 4.43. The van der Waals surface area contributed by atoms with E-state index in [9.17, 15) is 4.79 Å². The number of likely N-dealkylation sites (tertiary alicyclic amines) is 1. The van der Waals surface area contributed by atoms with Crippen molar-refractivity contribution in [1.82, 2.24) is 4.90 Å². The van der Waals surface area contributed by atoms with Gasteiger partial charge in [0.2, 0.25) is 5.91 Å². The fourth-order valence-electron chi connectivity index (χ4n) is 3.11. The van der Waals surface area contributed by atoms with Crippen LogP contribution in [0.4, 0.5) is 0 Å². The Morgan fingerprint density at radius 3 is 2.47 bits per heavy atom. The molecule has 1 atom stereocenters. The van der Waals surface area contributed by atoms with Crippen molar-refractivity contribution in [2.75, 3.05) is 13.1 Å². The number of hydrogen-bond acceptors (Lipinski definition) is 2. The fraction of sp³-hybridized carbons (Fsp3) is 0.929. The van der Waals surface area contributed by atoms with E-state index in [1.54, 1.807) is 0 Å². The van der Waals surface area contributed by atoms with Crippen LogP contribution in [0.2, 0.25) is 0 Å². The summed E-state index contributed by atoms with van der Waals surface area (Å²) in [6.45, 7) is 4.25. The Hall–Kier alpha value is -0.570. The quantitative estimate of drug-likeness (QED) is 0.761. The minimum absolute atomic E-state index is 0.267. The van der Waals surface area contributed by atoms with E-state index in [2.05, 4.69) is 11.8 Å². The Morgan fingerprint density at radius 2 is 1.76 bits per heavy atom. The van der Waals surface area contributed by atoms with Gasteiger partial charge >= 0.3 is 0 Å². The third kappa shape index (κ3) is 3.44. The van der Waals surface area contributed by atoms with Gasteiger partial charge in [-0.15, -0.1) is 0 Å². The lowest BCUT2D eigenvalue weighted by molar-refractivity contribution is -0.136. The summed E-state index contributed by atoms with van der Waals surface area (Å²) in [7, 11) is 0. The second-order valence-electron chi connectivity index (χ2n) is 5.97. The lowest BCUT2D eigenvalue weighted by Gasteiger charge is -2.30. The number of nitrogens with zero attached hydrogens (tertiary/aromatic N) is 1. The van der Waals surface area contributed by atoms with Gasteiger partial charge in [-0.1, -0.05) is 6.92 Å². The lowest BCUT2D eigenvalue weighted by Crippen LogP contribution is -2.40. The molecule has 1 saturated heterocycles. The van der Waals surface area contributed by atoms with E-state index in [4.69, 9.17) is 5.73 Å². The molecular weight excluding hydrogens is 212 g/mol. The summed E-state index contributed by atoms with van der Waals surface area (Å²) in [5, 5.41) is 0. The zero-order valence-electron chi connectivity index (χ0n) is 11.0. The van der Waals surface area contributed by atoms with Crippen LogP contribution in [0.1, 0.15) is 51.9 Å². The van der Waals surface area contributed by atoms with E-state index in [-0.39, 0.29) is 5.92 Å². The third-order valence-corrected chi connectivity index (χ3v) is 4.45. The molecule has 0 radical (unpaired) electrons. The zero-order valence-corrected chi connectivity index (χ0v) is 11.0. The van der Waals surface area contributed by atoms with Crippen molar-refractivity contribution in [2.24, 2.45) is 17.6 Å². The minimum atomic E-state index is 0.267. The Bertz CT molecular complexity index is 259. The first-order valence-electron chi connectivity index (χ1n) is 7.21. The van der Waals surface area contributed by atoms with E-state index in [1.165, 1.54) is 19.3 Å². The molecule has 0 aromatic carbocycles. The van der Waals surface area contributed by atoms with Gasteiger partial charge in [0.1, 0.15) is 0 Å². The first-order valence-corrected chi connectivity index (χ1v) is 7.21. The molecule has 3 nitrogen and oxygen atoms in total. The molecule has 2 aliphatic rings. The van der Waals surface area contributed by atoms with Crippen molar-refractivity contribution in [1.29, 1.82) is 0 Å². The monoisotopic (exact) mass is 238 g/mol. The molecule has 1 saturated carbocycles. The molecule has 0 aromatic rings. The van der Waals surface area contributed by atoms with Gasteiger partial charge in [0.15, 0.2) is 0 Å². The van der Waals surface area contributed by atoms with E-state index in [0.29, 0.717) is 11.9 Å². The van der Waals surface area contributed by atoms with Crippen LogP contribution >= 0.6 is 0 Å². The molecule has 2 fully saturated rings. The van der Waals surface area contributed by atoms with Crippen LogP contribution in [0.15, 0.2) is 0 Å². The molecule has 3 heteroatoms. The molecule has 1 amide bonds. The van der Waals surface area contributed by atoms with Crippen molar-refractivity contribution >= 4 is 5.91 Å². The number of rotatable bonds is 1. The standard InChI is InChI=1S/C14H26N2O/c1-11-3-2-9-16(10-8-11)14(17)12-4-6-13(15)7-5-12/h11-13H,2-10,15H2,1H3. The van der Waals surface area contributed by atoms with Crippen molar-refractivity contribution in [3.05, 3.63) is 0 Å². The van der Waals surface area contributed by atoms with Crippen LogP contribution < -0.4 is 5.73 Å². The fourth-order valence-corrected chi connectivity index (χ4v) is 3.11. The third-order valence-electron chi connectivity index (χ3n) is 4.45. The number of carbonyl (C=O) groups is 1. The van der Waals surface area contributed by atoms with E-state index in [0.717, 1.165) is 44.7 Å². The highest BCUT2D eigenvalue weighted by Gasteiger charge is 2.28. The van der Waals surface area contributed by atoms with Gasteiger partial charge in [0, 0.05) is 25.0 Å². The first-order chi connectivity index (χ1) is 8.16. The molecule has 1 aliphatic carbocycles. The van der Waals surface area contributed by atoms with Gasteiger partial charge in [-0.05, 0) is 50.9 Å². The maximum atomic E-state index is 12.4. The predicted molar refractivity (Wildman–Crippen MR) is 69.5 cm³/mol. The molecule has 0 bridgehead atoms. The molecule has 2 N–H and O–H groups in total. The zero-order chi connectivity index (χ0) is 12.3. The lowest BCUT2D eigenvalue weighted by atomic mass is 9.85. The van der Waals surface area contributed by atoms with Crippen LogP contribution in [0, 0.1) is 11.8 Å². The molecule has 2 rings (SSSR count). The Balaban J connectivity index is 1.86. The largest absolute Gasteiger partial charge is 0.342 e. The van der Waals surface area contributed by atoms with Crippen molar-refractivity contribution < 1.29 is 4.79 Å². The van der Waals surface area contributed by atoms with E-state index < -0.39 is 0 Å². The van der Waals surface area contributed by atoms with Crippen LogP contribution in [0.25, 0.3) is 0 Å². The van der Waals surface area contributed by atoms with Crippen LogP contribution in [-0.4, -0.2) is 29.9 Å². The molecule has 98 valence electrons. The summed E-state index contributed by atoms with van der Waals surface area (Å²) >= 11 is 0. The molecule has 1 unspecified atom stereocenters. The number of nitrogens with two attached hydrogens (primary N) is 1. The van der Waals surface area contributed by atoms with Gasteiger partial charge in [-0.3, -0.25) is 4.79 Å². The van der Waals surface area contributed by atoms with Gasteiger partial charge in [0.05, 0.1) is 0 Å². The van der Waals surface area contributed by atoms with Crippen molar-refractivity contribution in [3.8, 4) is 0 Å². The summed E-state index contributed by atoms with van der Waals surface area (Å²) in [6, 6.07) is 0.336. The Labute approximate surface area is 105 Å². The second-order valence-corrected chi connectivity index (χ2v) is 5.97. The van der Waals surface area contributed by atoms with Gasteiger partial charge in [0.25, 0.3) is 0 Å². The van der Waals surface area contributed by atoms with Crippen molar-refractivity contribution in [3.63, 3.8) is 0 Å². The summed E-state index contributed by atoms with van der Waals surface area (Å²) in [6.07, 6.45) is 7.70. The Morgan fingerprint density at radius 1 is 1.06 bits per heavy atom. The average molecular weight is 238 g/mol. The van der Waals surface area contributed by atoms with Gasteiger partial charge < -0.3 is 10.6 Å². The maximum absolute atomic E-state index is 12.4. The average Bonchev–Trinajstić information content (AvgIpc) is 2.54. The smallest absolute Gasteiger partial charge is 0.225 e. The molecule has 1 aliphatic heterocycles. The van der Waals surface area contributed by atoms with Gasteiger partial charge in [-0.2, -0.15) is 0 Å². The molecule has 0 spiro atoms. The highest BCUT2D eigenvalue weighted by Crippen LogP contribution is 2.26. The summed E-state index contributed by atoms with van der Waals surface area (Å²) < 4.78 is 0. The SMILES string of the molecule is CC1CCCN(C(=O)C2CCC(N)CC2)CC1. The predicted octanol–water partition coefficient (Wildman–Crippen LogP) is 2.15. The molecule has 1 heterocycles. The van der Waals surface area contributed by atoms with E-state index in [1.807, 2.05) is 0 Å². The summed E-state index contributed by atoms with van der Waals surface area (Å²) in [4.78, 5) is 14.5. The van der Waals surface area contributed by atoms with Crippen LogP contribution in [-0.2, 0) is 4.79 Å². The number of carbonyl (C=O) groups excluding carboxylic acids is 1.